The van der Waals surface area contributed by atoms with Crippen molar-refractivity contribution < 1.29 is 15.0 Å². The lowest BCUT2D eigenvalue weighted by atomic mass is 10.0. The van der Waals surface area contributed by atoms with E-state index in [1.807, 2.05) is 26.0 Å². The van der Waals surface area contributed by atoms with Gasteiger partial charge in [-0.2, -0.15) is 0 Å². The zero-order valence-electron chi connectivity index (χ0n) is 11.4. The first-order chi connectivity index (χ1) is 9.49. The number of aromatic carboxylic acids is 1. The molecule has 0 heterocycles. The number of phenolic OH excluding ortho intramolecular Hbond substituents is 1. The highest BCUT2D eigenvalue weighted by molar-refractivity contribution is 5.94. The Bertz CT molecular complexity index is 637. The van der Waals surface area contributed by atoms with E-state index < -0.39 is 5.97 Å². The lowest BCUT2D eigenvalue weighted by molar-refractivity contribution is 0.0698. The minimum Gasteiger partial charge on any atom is -0.508 e. The number of phenols is 1. The van der Waals surface area contributed by atoms with Gasteiger partial charge < -0.3 is 15.5 Å². The number of carbonyl (C=O) groups is 1. The molecule has 0 amide bonds. The van der Waals surface area contributed by atoms with Crippen LogP contribution in [0, 0.1) is 6.92 Å². The Balaban J connectivity index is 2.28. The largest absolute Gasteiger partial charge is 0.508 e. The van der Waals surface area contributed by atoms with E-state index in [1.54, 1.807) is 30.3 Å². The van der Waals surface area contributed by atoms with Gasteiger partial charge in [0.2, 0.25) is 0 Å². The molecule has 0 spiro atoms. The number of anilines is 1. The number of aromatic hydroxyl groups is 1. The number of hydrogen-bond donors (Lipinski definition) is 3. The van der Waals surface area contributed by atoms with Gasteiger partial charge in [0.05, 0.1) is 11.6 Å². The molecule has 1 atom stereocenters. The van der Waals surface area contributed by atoms with Crippen LogP contribution in [0.25, 0.3) is 0 Å². The van der Waals surface area contributed by atoms with E-state index in [2.05, 4.69) is 5.32 Å². The fourth-order valence-corrected chi connectivity index (χ4v) is 2.13. The van der Waals surface area contributed by atoms with Crippen LogP contribution in [0.1, 0.15) is 34.5 Å². The highest BCUT2D eigenvalue weighted by Crippen LogP contribution is 2.28. The summed E-state index contributed by atoms with van der Waals surface area (Å²) in [6.45, 7) is 3.78. The van der Waals surface area contributed by atoms with Gasteiger partial charge in [0.1, 0.15) is 5.75 Å². The quantitative estimate of drug-likeness (QED) is 0.795. The van der Waals surface area contributed by atoms with E-state index in [1.165, 1.54) is 0 Å². The first-order valence-electron chi connectivity index (χ1n) is 6.37. The minimum absolute atomic E-state index is 0.198. The minimum atomic E-state index is -0.978. The van der Waals surface area contributed by atoms with Crippen molar-refractivity contribution in [3.8, 4) is 5.75 Å². The lowest BCUT2D eigenvalue weighted by Gasteiger charge is -2.18. The van der Waals surface area contributed by atoms with Crippen molar-refractivity contribution in [2.45, 2.75) is 19.9 Å². The van der Waals surface area contributed by atoms with Crippen molar-refractivity contribution >= 4 is 11.7 Å². The number of rotatable bonds is 4. The van der Waals surface area contributed by atoms with Crippen LogP contribution in [0.5, 0.6) is 5.75 Å². The molecule has 0 aliphatic carbocycles. The average Bonchev–Trinajstić information content (AvgIpc) is 2.38. The molecule has 2 aromatic carbocycles. The van der Waals surface area contributed by atoms with Crippen molar-refractivity contribution in [3.63, 3.8) is 0 Å². The Morgan fingerprint density at radius 3 is 2.55 bits per heavy atom. The summed E-state index contributed by atoms with van der Waals surface area (Å²) in [6, 6.07) is 12.0. The molecule has 4 nitrogen and oxygen atoms in total. The van der Waals surface area contributed by atoms with Crippen LogP contribution in [0.4, 0.5) is 5.69 Å². The van der Waals surface area contributed by atoms with Gasteiger partial charge in [-0.25, -0.2) is 4.79 Å². The molecule has 1 unspecified atom stereocenters. The SMILES string of the molecule is Cc1ccc(C(C)Nc2ccccc2C(=O)O)c(O)c1. The predicted octanol–water partition coefficient (Wildman–Crippen LogP) is 3.57. The highest BCUT2D eigenvalue weighted by Gasteiger charge is 2.14. The van der Waals surface area contributed by atoms with Gasteiger partial charge in [-0.3, -0.25) is 0 Å². The van der Waals surface area contributed by atoms with Crippen LogP contribution < -0.4 is 5.32 Å². The smallest absolute Gasteiger partial charge is 0.337 e. The molecule has 20 heavy (non-hydrogen) atoms. The van der Waals surface area contributed by atoms with E-state index in [4.69, 9.17) is 5.11 Å². The maximum absolute atomic E-state index is 11.2. The summed E-state index contributed by atoms with van der Waals surface area (Å²) in [5.74, 6) is -0.772. The number of para-hydroxylation sites is 1. The van der Waals surface area contributed by atoms with Gasteiger partial charge in [0, 0.05) is 11.3 Å². The van der Waals surface area contributed by atoms with Gasteiger partial charge in [-0.15, -0.1) is 0 Å². The summed E-state index contributed by atoms with van der Waals surface area (Å²) in [7, 11) is 0. The molecule has 4 heteroatoms. The number of nitrogens with one attached hydrogen (secondary N) is 1. The second kappa shape index (κ2) is 5.65. The standard InChI is InChI=1S/C16H17NO3/c1-10-7-8-12(15(18)9-10)11(2)17-14-6-4-3-5-13(14)16(19)20/h3-9,11,17-18H,1-2H3,(H,19,20). The van der Waals surface area contributed by atoms with Crippen molar-refractivity contribution in [2.24, 2.45) is 0 Å². The van der Waals surface area contributed by atoms with Crippen LogP contribution in [-0.4, -0.2) is 16.2 Å². The van der Waals surface area contributed by atoms with Crippen molar-refractivity contribution in [2.75, 3.05) is 5.32 Å². The van der Waals surface area contributed by atoms with E-state index in [0.717, 1.165) is 11.1 Å². The molecular weight excluding hydrogens is 254 g/mol. The third-order valence-electron chi connectivity index (χ3n) is 3.18. The van der Waals surface area contributed by atoms with E-state index in [0.29, 0.717) is 5.69 Å². The molecular formula is C16H17NO3. The molecule has 0 fully saturated rings. The van der Waals surface area contributed by atoms with Gasteiger partial charge in [0.15, 0.2) is 0 Å². The normalized spacial score (nSPS) is 11.9. The van der Waals surface area contributed by atoms with Crippen molar-refractivity contribution in [1.82, 2.24) is 0 Å². The van der Waals surface area contributed by atoms with E-state index in [-0.39, 0.29) is 17.4 Å². The highest BCUT2D eigenvalue weighted by atomic mass is 16.4. The molecule has 3 N–H and O–H groups in total. The zero-order chi connectivity index (χ0) is 14.7. The summed E-state index contributed by atoms with van der Waals surface area (Å²) >= 11 is 0. The maximum Gasteiger partial charge on any atom is 0.337 e. The van der Waals surface area contributed by atoms with Crippen LogP contribution in [0.2, 0.25) is 0 Å². The van der Waals surface area contributed by atoms with Crippen LogP contribution in [0.15, 0.2) is 42.5 Å². The fraction of sp³-hybridized carbons (Fsp3) is 0.188. The Kier molecular flexibility index (Phi) is 3.94. The zero-order valence-corrected chi connectivity index (χ0v) is 11.4. The van der Waals surface area contributed by atoms with Crippen LogP contribution in [-0.2, 0) is 0 Å². The van der Waals surface area contributed by atoms with E-state index in [9.17, 15) is 9.90 Å². The Morgan fingerprint density at radius 1 is 1.20 bits per heavy atom. The number of carboxylic acids is 1. The Labute approximate surface area is 117 Å². The number of carboxylic acid groups (broad SMARTS) is 1. The van der Waals surface area contributed by atoms with Gasteiger partial charge in [0.25, 0.3) is 0 Å². The average molecular weight is 271 g/mol. The summed E-state index contributed by atoms with van der Waals surface area (Å²) in [5, 5.41) is 22.2. The number of aryl methyl sites for hydroxylation is 1. The molecule has 104 valence electrons. The molecule has 0 aromatic heterocycles. The molecule has 0 aliphatic rings. The number of hydrogen-bond acceptors (Lipinski definition) is 3. The summed E-state index contributed by atoms with van der Waals surface area (Å²) < 4.78 is 0. The molecule has 0 bridgehead atoms. The van der Waals surface area contributed by atoms with Crippen molar-refractivity contribution in [3.05, 3.63) is 59.2 Å². The monoisotopic (exact) mass is 271 g/mol. The first kappa shape index (κ1) is 13.9. The Hall–Kier alpha value is -2.49. The van der Waals surface area contributed by atoms with E-state index >= 15 is 0 Å². The third-order valence-corrected chi connectivity index (χ3v) is 3.18. The predicted molar refractivity (Wildman–Crippen MR) is 78.3 cm³/mol. The maximum atomic E-state index is 11.2. The molecule has 0 saturated carbocycles. The Morgan fingerprint density at radius 2 is 1.90 bits per heavy atom. The summed E-state index contributed by atoms with van der Waals surface area (Å²) in [4.78, 5) is 11.2. The fourth-order valence-electron chi connectivity index (χ4n) is 2.13. The topological polar surface area (TPSA) is 69.6 Å². The summed E-state index contributed by atoms with van der Waals surface area (Å²) in [6.07, 6.45) is 0. The molecule has 0 aliphatic heterocycles. The van der Waals surface area contributed by atoms with Gasteiger partial charge in [-0.05, 0) is 37.6 Å². The molecule has 0 radical (unpaired) electrons. The van der Waals surface area contributed by atoms with Gasteiger partial charge >= 0.3 is 5.97 Å². The first-order valence-corrected chi connectivity index (χ1v) is 6.37. The number of benzene rings is 2. The van der Waals surface area contributed by atoms with Crippen LogP contribution in [0.3, 0.4) is 0 Å². The third kappa shape index (κ3) is 2.91. The molecule has 2 aromatic rings. The second-order valence-electron chi connectivity index (χ2n) is 4.78. The molecule has 2 rings (SSSR count). The van der Waals surface area contributed by atoms with Gasteiger partial charge in [-0.1, -0.05) is 24.3 Å². The van der Waals surface area contributed by atoms with Crippen molar-refractivity contribution in [1.29, 1.82) is 0 Å². The summed E-state index contributed by atoms with van der Waals surface area (Å²) in [5.41, 5.74) is 2.46. The lowest BCUT2D eigenvalue weighted by Crippen LogP contribution is -2.10. The van der Waals surface area contributed by atoms with Crippen LogP contribution >= 0.6 is 0 Å². The second-order valence-corrected chi connectivity index (χ2v) is 4.78. The molecule has 0 saturated heterocycles.